The van der Waals surface area contributed by atoms with Crippen molar-refractivity contribution in [2.24, 2.45) is 0 Å². The van der Waals surface area contributed by atoms with Crippen LogP contribution in [0, 0.1) is 0 Å². The maximum Gasteiger partial charge on any atom is 0.380 e. The van der Waals surface area contributed by atoms with Crippen molar-refractivity contribution in [3.63, 3.8) is 0 Å². The summed E-state index contributed by atoms with van der Waals surface area (Å²) in [6.07, 6.45) is 1.21. The molecule has 0 saturated carbocycles. The van der Waals surface area contributed by atoms with Gasteiger partial charge in [0.25, 0.3) is 5.88 Å². The maximum atomic E-state index is 12.4. The number of aryl methyl sites for hydroxylation is 1. The number of hydrogen-bond donors (Lipinski definition) is 0. The van der Waals surface area contributed by atoms with Gasteiger partial charge >= 0.3 is 7.60 Å². The van der Waals surface area contributed by atoms with Crippen LogP contribution in [0.3, 0.4) is 0 Å². The Bertz CT molecular complexity index is 508. The summed E-state index contributed by atoms with van der Waals surface area (Å²) < 4.78 is 25.0. The Morgan fingerprint density at radius 3 is 2.52 bits per heavy atom. The normalized spacial score (nSPS) is 14.4. The molecule has 1 aromatic rings. The van der Waals surface area contributed by atoms with Crippen LogP contribution in [0.5, 0.6) is 5.88 Å². The molecule has 5 nitrogen and oxygen atoms in total. The Labute approximate surface area is 136 Å². The molecule has 1 atom stereocenters. The number of aromatic nitrogens is 2. The standard InChI is InChI=1S/C13H24ClN2O3PS/c1-6-9-16-13(21-10(4)5)11(14)12(15-16)19-20(17,8-3)18-7-2/h10H,6-9H2,1-5H3. The van der Waals surface area contributed by atoms with Crippen LogP contribution in [0.1, 0.15) is 41.0 Å². The van der Waals surface area contributed by atoms with E-state index in [1.54, 1.807) is 25.6 Å². The van der Waals surface area contributed by atoms with E-state index in [-0.39, 0.29) is 12.0 Å². The van der Waals surface area contributed by atoms with Crippen molar-refractivity contribution < 1.29 is 13.6 Å². The lowest BCUT2D eigenvalue weighted by Crippen LogP contribution is -2.04. The molecule has 0 aliphatic carbocycles. The van der Waals surface area contributed by atoms with Gasteiger partial charge in [0.05, 0.1) is 12.8 Å². The largest absolute Gasteiger partial charge is 0.403 e. The van der Waals surface area contributed by atoms with E-state index in [0.29, 0.717) is 16.9 Å². The van der Waals surface area contributed by atoms with Gasteiger partial charge in [0.1, 0.15) is 10.0 Å². The number of hydrogen-bond acceptors (Lipinski definition) is 5. The summed E-state index contributed by atoms with van der Waals surface area (Å²) in [5, 5.41) is 5.99. The van der Waals surface area contributed by atoms with Crippen LogP contribution < -0.4 is 4.52 Å². The van der Waals surface area contributed by atoms with Gasteiger partial charge in [-0.3, -0.25) is 4.68 Å². The number of nitrogens with zero attached hydrogens (tertiary/aromatic N) is 2. The molecule has 1 rings (SSSR count). The van der Waals surface area contributed by atoms with E-state index in [4.69, 9.17) is 20.6 Å². The molecule has 0 fully saturated rings. The van der Waals surface area contributed by atoms with E-state index in [2.05, 4.69) is 25.9 Å². The second-order valence-electron chi connectivity index (χ2n) is 4.75. The Kier molecular flexibility index (Phi) is 7.62. The summed E-state index contributed by atoms with van der Waals surface area (Å²) in [5.74, 6) is 0.201. The van der Waals surface area contributed by atoms with Gasteiger partial charge in [0.2, 0.25) is 0 Å². The lowest BCUT2D eigenvalue weighted by atomic mass is 10.5. The van der Waals surface area contributed by atoms with Gasteiger partial charge in [-0.15, -0.1) is 16.9 Å². The molecule has 0 radical (unpaired) electrons. The smallest absolute Gasteiger partial charge is 0.380 e. The Morgan fingerprint density at radius 1 is 1.38 bits per heavy atom. The highest BCUT2D eigenvalue weighted by atomic mass is 35.5. The average Bonchev–Trinajstić information content (AvgIpc) is 2.68. The first-order valence-electron chi connectivity index (χ1n) is 7.23. The molecule has 21 heavy (non-hydrogen) atoms. The third-order valence-electron chi connectivity index (χ3n) is 2.54. The lowest BCUT2D eigenvalue weighted by molar-refractivity contribution is 0.277. The van der Waals surface area contributed by atoms with Crippen LogP contribution in [0.15, 0.2) is 5.03 Å². The second-order valence-corrected chi connectivity index (χ2v) is 8.99. The quantitative estimate of drug-likeness (QED) is 0.457. The first-order valence-corrected chi connectivity index (χ1v) is 10.2. The number of thioether (sulfide) groups is 1. The minimum Gasteiger partial charge on any atom is -0.403 e. The molecule has 0 saturated heterocycles. The zero-order valence-corrected chi connectivity index (χ0v) is 15.7. The highest BCUT2D eigenvalue weighted by Crippen LogP contribution is 2.50. The summed E-state index contributed by atoms with van der Waals surface area (Å²) in [5.41, 5.74) is 0. The summed E-state index contributed by atoms with van der Waals surface area (Å²) in [6.45, 7) is 10.8. The monoisotopic (exact) mass is 354 g/mol. The van der Waals surface area contributed by atoms with Crippen molar-refractivity contribution in [1.82, 2.24) is 9.78 Å². The SMILES string of the molecule is CCCn1nc(OP(=O)(CC)OCC)c(Cl)c1SC(C)C. The van der Waals surface area contributed by atoms with Crippen molar-refractivity contribution in [2.75, 3.05) is 12.8 Å². The van der Waals surface area contributed by atoms with Crippen LogP contribution >= 0.6 is 31.0 Å². The predicted octanol–water partition coefficient (Wildman–Crippen LogP) is 5.08. The van der Waals surface area contributed by atoms with E-state index in [1.807, 2.05) is 4.68 Å². The lowest BCUT2D eigenvalue weighted by Gasteiger charge is -2.15. The molecule has 0 aliphatic heterocycles. The Hall–Kier alpha value is -0.160. The molecule has 0 bridgehead atoms. The summed E-state index contributed by atoms with van der Waals surface area (Å²) >= 11 is 7.98. The molecule has 122 valence electrons. The first-order chi connectivity index (χ1) is 9.86. The zero-order valence-electron chi connectivity index (χ0n) is 13.3. The van der Waals surface area contributed by atoms with E-state index in [0.717, 1.165) is 18.0 Å². The highest BCUT2D eigenvalue weighted by Gasteiger charge is 2.28. The van der Waals surface area contributed by atoms with Crippen LogP contribution in [0.25, 0.3) is 0 Å². The van der Waals surface area contributed by atoms with Gasteiger partial charge < -0.3 is 9.05 Å². The van der Waals surface area contributed by atoms with E-state index >= 15 is 0 Å². The third kappa shape index (κ3) is 5.20. The van der Waals surface area contributed by atoms with Crippen molar-refractivity contribution in [2.45, 2.75) is 57.9 Å². The molecular weight excluding hydrogens is 331 g/mol. The van der Waals surface area contributed by atoms with Crippen molar-refractivity contribution in [3.8, 4) is 5.88 Å². The van der Waals surface area contributed by atoms with E-state index in [1.165, 1.54) is 0 Å². The van der Waals surface area contributed by atoms with E-state index in [9.17, 15) is 4.57 Å². The van der Waals surface area contributed by atoms with Crippen LogP contribution in [0.4, 0.5) is 0 Å². The molecule has 0 aliphatic rings. The Balaban J connectivity index is 3.10. The molecule has 1 unspecified atom stereocenters. The molecular formula is C13H24ClN2O3PS. The summed E-state index contributed by atoms with van der Waals surface area (Å²) in [4.78, 5) is 0. The second kappa shape index (κ2) is 8.47. The molecule has 0 amide bonds. The minimum atomic E-state index is -3.18. The van der Waals surface area contributed by atoms with Gasteiger partial charge in [-0.1, -0.05) is 39.3 Å². The van der Waals surface area contributed by atoms with Crippen LogP contribution in [0.2, 0.25) is 5.02 Å². The highest BCUT2D eigenvalue weighted by molar-refractivity contribution is 7.99. The molecule has 1 heterocycles. The van der Waals surface area contributed by atoms with Gasteiger partial charge in [-0.2, -0.15) is 0 Å². The minimum absolute atomic E-state index is 0.201. The first kappa shape index (κ1) is 18.9. The zero-order chi connectivity index (χ0) is 16.0. The van der Waals surface area contributed by atoms with Gasteiger partial charge in [-0.05, 0) is 13.3 Å². The topological polar surface area (TPSA) is 53.4 Å². The van der Waals surface area contributed by atoms with Gasteiger partial charge in [0.15, 0.2) is 0 Å². The average molecular weight is 355 g/mol. The van der Waals surface area contributed by atoms with Crippen molar-refractivity contribution in [3.05, 3.63) is 5.02 Å². The van der Waals surface area contributed by atoms with Crippen LogP contribution in [-0.2, 0) is 15.6 Å². The predicted molar refractivity (Wildman–Crippen MR) is 88.9 cm³/mol. The van der Waals surface area contributed by atoms with Crippen molar-refractivity contribution >= 4 is 31.0 Å². The Morgan fingerprint density at radius 2 is 2.05 bits per heavy atom. The van der Waals surface area contributed by atoms with Crippen LogP contribution in [-0.4, -0.2) is 27.8 Å². The number of rotatable bonds is 9. The molecule has 8 heteroatoms. The fourth-order valence-electron chi connectivity index (χ4n) is 1.67. The molecule has 1 aromatic heterocycles. The number of halogens is 1. The summed E-state index contributed by atoms with van der Waals surface area (Å²) in [7, 11) is -3.18. The maximum absolute atomic E-state index is 12.4. The van der Waals surface area contributed by atoms with Gasteiger partial charge in [-0.25, -0.2) is 4.57 Å². The third-order valence-corrected chi connectivity index (χ3v) is 5.98. The fourth-order valence-corrected chi connectivity index (χ4v) is 4.07. The fraction of sp³-hybridized carbons (Fsp3) is 0.769. The molecule has 0 aromatic carbocycles. The molecule has 0 N–H and O–H groups in total. The van der Waals surface area contributed by atoms with Gasteiger partial charge in [0, 0.05) is 11.8 Å². The van der Waals surface area contributed by atoms with E-state index < -0.39 is 7.60 Å². The molecule has 0 spiro atoms. The summed E-state index contributed by atoms with van der Waals surface area (Å²) in [6, 6.07) is 0. The van der Waals surface area contributed by atoms with Crippen molar-refractivity contribution in [1.29, 1.82) is 0 Å².